The van der Waals surface area contributed by atoms with Crippen molar-refractivity contribution in [1.82, 2.24) is 4.90 Å². The summed E-state index contributed by atoms with van der Waals surface area (Å²) in [7, 11) is 0. The van der Waals surface area contributed by atoms with Gasteiger partial charge in [0.15, 0.2) is 0 Å². The van der Waals surface area contributed by atoms with Crippen LogP contribution in [0.2, 0.25) is 0 Å². The Kier molecular flexibility index (Phi) is 4.42. The largest absolute Gasteiger partial charge is 0.283 e. The molecule has 0 spiro atoms. The van der Waals surface area contributed by atoms with Gasteiger partial charge in [-0.2, -0.15) is 0 Å². The first-order valence-electron chi connectivity index (χ1n) is 4.65. The number of amides is 2. The van der Waals surface area contributed by atoms with Crippen molar-refractivity contribution in [3.63, 3.8) is 0 Å². The molecule has 1 saturated heterocycles. The van der Waals surface area contributed by atoms with Gasteiger partial charge >= 0.3 is 0 Å². The number of imide groups is 1. The van der Waals surface area contributed by atoms with E-state index in [9.17, 15) is 9.59 Å². The fourth-order valence-corrected chi connectivity index (χ4v) is 1.80. The standard InChI is InChI=1S/C9H14BrNO2/c10-6-5-9(13)11-7-3-1-2-4-8(11)12/h1-7H2. The van der Waals surface area contributed by atoms with Gasteiger partial charge in [0, 0.05) is 24.7 Å². The highest BCUT2D eigenvalue weighted by molar-refractivity contribution is 9.09. The molecule has 0 radical (unpaired) electrons. The molecule has 0 N–H and O–H groups in total. The third-order valence-corrected chi connectivity index (χ3v) is 2.58. The molecule has 0 aliphatic carbocycles. The molecule has 0 aromatic heterocycles. The van der Waals surface area contributed by atoms with Crippen molar-refractivity contribution in [3.05, 3.63) is 0 Å². The summed E-state index contributed by atoms with van der Waals surface area (Å²) in [6, 6.07) is 0. The van der Waals surface area contributed by atoms with Crippen LogP contribution < -0.4 is 0 Å². The van der Waals surface area contributed by atoms with Crippen molar-refractivity contribution in [2.24, 2.45) is 0 Å². The highest BCUT2D eigenvalue weighted by Gasteiger charge is 2.21. The lowest BCUT2D eigenvalue weighted by molar-refractivity contribution is -0.144. The number of nitrogens with zero attached hydrogens (tertiary/aromatic N) is 1. The molecule has 1 heterocycles. The number of halogens is 1. The van der Waals surface area contributed by atoms with E-state index < -0.39 is 0 Å². The van der Waals surface area contributed by atoms with Crippen LogP contribution in [0.1, 0.15) is 32.1 Å². The molecular weight excluding hydrogens is 234 g/mol. The van der Waals surface area contributed by atoms with E-state index in [0.29, 0.717) is 24.7 Å². The van der Waals surface area contributed by atoms with Crippen LogP contribution in [0.3, 0.4) is 0 Å². The molecule has 1 rings (SSSR count). The Hall–Kier alpha value is -0.380. The predicted octanol–water partition coefficient (Wildman–Crippen LogP) is 1.70. The number of alkyl halides is 1. The van der Waals surface area contributed by atoms with Gasteiger partial charge < -0.3 is 0 Å². The molecule has 1 aliphatic heterocycles. The maximum atomic E-state index is 11.4. The number of carbonyl (C=O) groups excluding carboxylic acids is 2. The smallest absolute Gasteiger partial charge is 0.230 e. The van der Waals surface area contributed by atoms with Crippen molar-refractivity contribution in [2.75, 3.05) is 11.9 Å². The van der Waals surface area contributed by atoms with Crippen LogP contribution in [0, 0.1) is 0 Å². The SMILES string of the molecule is O=C(CCBr)N1CCCCCC1=O. The van der Waals surface area contributed by atoms with Gasteiger partial charge in [0.2, 0.25) is 11.8 Å². The fraction of sp³-hybridized carbons (Fsp3) is 0.778. The molecule has 0 bridgehead atoms. The maximum Gasteiger partial charge on any atom is 0.230 e. The van der Waals surface area contributed by atoms with Crippen molar-refractivity contribution < 1.29 is 9.59 Å². The van der Waals surface area contributed by atoms with Crippen LogP contribution in [-0.2, 0) is 9.59 Å². The molecule has 0 atom stereocenters. The quantitative estimate of drug-likeness (QED) is 0.697. The third kappa shape index (κ3) is 3.10. The van der Waals surface area contributed by atoms with Crippen molar-refractivity contribution in [1.29, 1.82) is 0 Å². The lowest BCUT2D eigenvalue weighted by Gasteiger charge is -2.17. The molecule has 1 fully saturated rings. The van der Waals surface area contributed by atoms with Crippen LogP contribution in [-0.4, -0.2) is 28.6 Å². The molecule has 74 valence electrons. The molecule has 13 heavy (non-hydrogen) atoms. The second-order valence-corrected chi connectivity index (χ2v) is 3.98. The number of hydrogen-bond donors (Lipinski definition) is 0. The monoisotopic (exact) mass is 247 g/mol. The number of carbonyl (C=O) groups is 2. The van der Waals surface area contributed by atoms with Gasteiger partial charge in [0.05, 0.1) is 0 Å². The van der Waals surface area contributed by atoms with E-state index in [1.54, 1.807) is 0 Å². The van der Waals surface area contributed by atoms with Gasteiger partial charge in [-0.1, -0.05) is 22.4 Å². The third-order valence-electron chi connectivity index (χ3n) is 2.18. The number of rotatable bonds is 2. The molecule has 0 aromatic rings. The summed E-state index contributed by atoms with van der Waals surface area (Å²) in [5.74, 6) is -0.0350. The lowest BCUT2D eigenvalue weighted by atomic mass is 10.2. The topological polar surface area (TPSA) is 37.4 Å². The molecule has 0 aromatic carbocycles. The Bertz CT molecular complexity index is 206. The summed E-state index contributed by atoms with van der Waals surface area (Å²) in [5, 5.41) is 0.635. The predicted molar refractivity (Wildman–Crippen MR) is 53.6 cm³/mol. The molecule has 2 amide bonds. The first-order valence-corrected chi connectivity index (χ1v) is 5.77. The van der Waals surface area contributed by atoms with Gasteiger partial charge in [-0.15, -0.1) is 0 Å². The zero-order valence-corrected chi connectivity index (χ0v) is 9.18. The van der Waals surface area contributed by atoms with E-state index >= 15 is 0 Å². The molecule has 3 nitrogen and oxygen atoms in total. The van der Waals surface area contributed by atoms with E-state index in [0.717, 1.165) is 19.3 Å². The fourth-order valence-electron chi connectivity index (χ4n) is 1.46. The first-order chi connectivity index (χ1) is 6.25. The average Bonchev–Trinajstić information content (AvgIpc) is 2.30. The van der Waals surface area contributed by atoms with Gasteiger partial charge in [0.25, 0.3) is 0 Å². The van der Waals surface area contributed by atoms with Crippen molar-refractivity contribution in [3.8, 4) is 0 Å². The summed E-state index contributed by atoms with van der Waals surface area (Å²) < 4.78 is 0. The molecule has 1 aliphatic rings. The molecule has 0 unspecified atom stereocenters. The summed E-state index contributed by atoms with van der Waals surface area (Å²) in [5.41, 5.74) is 0. The summed E-state index contributed by atoms with van der Waals surface area (Å²) in [4.78, 5) is 24.3. The molecule has 0 saturated carbocycles. The maximum absolute atomic E-state index is 11.4. The van der Waals surface area contributed by atoms with Gasteiger partial charge in [0.1, 0.15) is 0 Å². The minimum absolute atomic E-state index is 0.00319. The second-order valence-electron chi connectivity index (χ2n) is 3.19. The lowest BCUT2D eigenvalue weighted by Crippen LogP contribution is -2.36. The Labute approximate surface area is 86.6 Å². The van der Waals surface area contributed by atoms with E-state index in [4.69, 9.17) is 0 Å². The summed E-state index contributed by atoms with van der Waals surface area (Å²) >= 11 is 3.20. The summed E-state index contributed by atoms with van der Waals surface area (Å²) in [6.45, 7) is 0.616. The zero-order valence-electron chi connectivity index (χ0n) is 7.59. The minimum atomic E-state index is -0.0382. The van der Waals surface area contributed by atoms with Crippen molar-refractivity contribution >= 4 is 27.7 Å². The first kappa shape index (κ1) is 10.7. The number of hydrogen-bond acceptors (Lipinski definition) is 2. The molecular formula is C9H14BrNO2. The van der Waals surface area contributed by atoms with Crippen LogP contribution in [0.15, 0.2) is 0 Å². The van der Waals surface area contributed by atoms with E-state index in [1.807, 2.05) is 0 Å². The number of likely N-dealkylation sites (tertiary alicyclic amines) is 1. The minimum Gasteiger partial charge on any atom is -0.283 e. The Morgan fingerprint density at radius 2 is 2.15 bits per heavy atom. The summed E-state index contributed by atoms with van der Waals surface area (Å²) in [6.07, 6.45) is 3.90. The van der Waals surface area contributed by atoms with Crippen molar-refractivity contribution in [2.45, 2.75) is 32.1 Å². The zero-order chi connectivity index (χ0) is 9.68. The Morgan fingerprint density at radius 1 is 1.38 bits per heavy atom. The van der Waals surface area contributed by atoms with Gasteiger partial charge in [-0.3, -0.25) is 14.5 Å². The van der Waals surface area contributed by atoms with Crippen LogP contribution in [0.5, 0.6) is 0 Å². The van der Waals surface area contributed by atoms with E-state index in [1.165, 1.54) is 4.90 Å². The van der Waals surface area contributed by atoms with Crippen LogP contribution in [0.25, 0.3) is 0 Å². The van der Waals surface area contributed by atoms with Crippen LogP contribution >= 0.6 is 15.9 Å². The van der Waals surface area contributed by atoms with Gasteiger partial charge in [-0.25, -0.2) is 0 Å². The average molecular weight is 248 g/mol. The van der Waals surface area contributed by atoms with E-state index in [-0.39, 0.29) is 11.8 Å². The second kappa shape index (κ2) is 5.37. The highest BCUT2D eigenvalue weighted by atomic mass is 79.9. The van der Waals surface area contributed by atoms with Crippen LogP contribution in [0.4, 0.5) is 0 Å². The van der Waals surface area contributed by atoms with Gasteiger partial charge in [-0.05, 0) is 12.8 Å². The highest BCUT2D eigenvalue weighted by Crippen LogP contribution is 2.12. The van der Waals surface area contributed by atoms with E-state index in [2.05, 4.69) is 15.9 Å². The Morgan fingerprint density at radius 3 is 2.85 bits per heavy atom. The Balaban J connectivity index is 2.53. The molecule has 4 heteroatoms. The normalized spacial score (nSPS) is 18.5.